The Balaban J connectivity index is 0.00000341. The molecule has 0 bridgehead atoms. The van der Waals surface area contributed by atoms with Crippen LogP contribution in [0.25, 0.3) is 5.82 Å². The van der Waals surface area contributed by atoms with Gasteiger partial charge in [-0.15, -0.1) is 24.0 Å². The Morgan fingerprint density at radius 1 is 1.10 bits per heavy atom. The number of hydrogen-bond donors (Lipinski definition) is 2. The van der Waals surface area contributed by atoms with Gasteiger partial charge < -0.3 is 10.6 Å². The first-order chi connectivity index (χ1) is 14.7. The van der Waals surface area contributed by atoms with E-state index in [0.717, 1.165) is 36.9 Å². The lowest BCUT2D eigenvalue weighted by atomic mass is 10.1. The third-order valence-corrected chi connectivity index (χ3v) is 5.11. The van der Waals surface area contributed by atoms with Gasteiger partial charge in [-0.25, -0.2) is 9.67 Å². The molecule has 0 aliphatic rings. The van der Waals surface area contributed by atoms with Gasteiger partial charge >= 0.3 is 0 Å². The van der Waals surface area contributed by atoms with Gasteiger partial charge in [0.15, 0.2) is 11.8 Å². The van der Waals surface area contributed by atoms with E-state index in [1.54, 1.807) is 24.1 Å². The number of nitrogens with one attached hydrogen (secondary N) is 2. The highest BCUT2D eigenvalue weighted by atomic mass is 127. The molecule has 1 aromatic carbocycles. The van der Waals surface area contributed by atoms with E-state index in [2.05, 4.69) is 74.9 Å². The summed E-state index contributed by atoms with van der Waals surface area (Å²) in [6, 6.07) is 16.9. The van der Waals surface area contributed by atoms with Crippen molar-refractivity contribution in [3.05, 3.63) is 78.2 Å². The highest BCUT2D eigenvalue weighted by Gasteiger charge is 2.10. The van der Waals surface area contributed by atoms with Crippen molar-refractivity contribution in [3.63, 3.8) is 0 Å². The fourth-order valence-corrected chi connectivity index (χ4v) is 3.15. The van der Waals surface area contributed by atoms with Crippen LogP contribution in [0.4, 0.5) is 0 Å². The van der Waals surface area contributed by atoms with Gasteiger partial charge in [0.2, 0.25) is 0 Å². The first-order valence-electron chi connectivity index (χ1n) is 10.3. The van der Waals surface area contributed by atoms with E-state index in [4.69, 9.17) is 0 Å². The summed E-state index contributed by atoms with van der Waals surface area (Å²) in [5.74, 6) is 1.60. The summed E-state index contributed by atoms with van der Waals surface area (Å²) in [6.45, 7) is 4.74. The predicted octanol–water partition coefficient (Wildman–Crippen LogP) is 3.46. The molecule has 31 heavy (non-hydrogen) atoms. The lowest BCUT2D eigenvalue weighted by Crippen LogP contribution is -2.39. The van der Waals surface area contributed by atoms with Crippen LogP contribution in [0.1, 0.15) is 24.5 Å². The number of halogens is 1. The SMILES string of the molecule is CN=C(NCCC(C)N(C)Cc1ccccc1)NCc1ccnc(-n2cccn2)c1.I. The van der Waals surface area contributed by atoms with Crippen molar-refractivity contribution < 1.29 is 0 Å². The standard InChI is InChI=1S/C23H31N7.HI/c1-19(29(3)18-20-8-5-4-6-9-20)10-13-26-23(24-2)27-17-21-11-14-25-22(16-21)30-15-7-12-28-30;/h4-9,11-12,14-16,19H,10,13,17-18H2,1-3H3,(H2,24,26,27);1H. The minimum absolute atomic E-state index is 0. The zero-order valence-corrected chi connectivity index (χ0v) is 20.7. The summed E-state index contributed by atoms with van der Waals surface area (Å²) >= 11 is 0. The topological polar surface area (TPSA) is 70.4 Å². The van der Waals surface area contributed by atoms with Crippen molar-refractivity contribution in [2.45, 2.75) is 32.5 Å². The second-order valence-corrected chi connectivity index (χ2v) is 7.36. The van der Waals surface area contributed by atoms with Crippen molar-refractivity contribution in [1.29, 1.82) is 0 Å². The highest BCUT2D eigenvalue weighted by molar-refractivity contribution is 14.0. The second-order valence-electron chi connectivity index (χ2n) is 7.36. The number of benzene rings is 1. The molecule has 0 saturated heterocycles. The van der Waals surface area contributed by atoms with Gasteiger partial charge in [-0.05, 0) is 49.7 Å². The van der Waals surface area contributed by atoms with Crippen LogP contribution in [0, 0.1) is 0 Å². The second kappa shape index (κ2) is 13.1. The smallest absolute Gasteiger partial charge is 0.191 e. The monoisotopic (exact) mass is 533 g/mol. The van der Waals surface area contributed by atoms with Crippen LogP contribution in [0.15, 0.2) is 72.1 Å². The summed E-state index contributed by atoms with van der Waals surface area (Å²) in [4.78, 5) is 11.1. The molecule has 0 aliphatic heterocycles. The van der Waals surface area contributed by atoms with Crippen molar-refractivity contribution in [3.8, 4) is 5.82 Å². The van der Waals surface area contributed by atoms with E-state index in [0.29, 0.717) is 12.6 Å². The molecule has 2 N–H and O–H groups in total. The number of aliphatic imine (C=N–C) groups is 1. The molecule has 0 fully saturated rings. The third kappa shape index (κ3) is 7.95. The number of pyridine rings is 1. The predicted molar refractivity (Wildman–Crippen MR) is 137 cm³/mol. The fraction of sp³-hybridized carbons (Fsp3) is 0.348. The normalized spacial score (nSPS) is 12.3. The molecule has 3 aromatic rings. The zero-order chi connectivity index (χ0) is 21.2. The van der Waals surface area contributed by atoms with Gasteiger partial charge in [-0.3, -0.25) is 9.89 Å². The summed E-state index contributed by atoms with van der Waals surface area (Å²) < 4.78 is 1.75. The number of rotatable bonds is 9. The summed E-state index contributed by atoms with van der Waals surface area (Å²) in [5, 5.41) is 11.0. The van der Waals surface area contributed by atoms with E-state index < -0.39 is 0 Å². The molecule has 1 unspecified atom stereocenters. The largest absolute Gasteiger partial charge is 0.356 e. The molecule has 3 rings (SSSR count). The van der Waals surface area contributed by atoms with Crippen molar-refractivity contribution >= 4 is 29.9 Å². The number of nitrogens with zero attached hydrogens (tertiary/aromatic N) is 5. The van der Waals surface area contributed by atoms with Crippen LogP contribution < -0.4 is 10.6 Å². The Bertz CT molecular complexity index is 913. The van der Waals surface area contributed by atoms with Crippen LogP contribution in [-0.2, 0) is 13.1 Å². The maximum atomic E-state index is 4.37. The molecule has 7 nitrogen and oxygen atoms in total. The van der Waals surface area contributed by atoms with E-state index in [9.17, 15) is 0 Å². The Morgan fingerprint density at radius 2 is 1.90 bits per heavy atom. The van der Waals surface area contributed by atoms with E-state index >= 15 is 0 Å². The minimum Gasteiger partial charge on any atom is -0.356 e. The van der Waals surface area contributed by atoms with Crippen LogP contribution in [0.3, 0.4) is 0 Å². The maximum absolute atomic E-state index is 4.37. The Morgan fingerprint density at radius 3 is 2.61 bits per heavy atom. The highest BCUT2D eigenvalue weighted by Crippen LogP contribution is 2.08. The quantitative estimate of drug-likeness (QED) is 0.251. The molecule has 2 aromatic heterocycles. The molecule has 1 atom stereocenters. The molecule has 0 saturated carbocycles. The molecule has 0 amide bonds. The average molecular weight is 533 g/mol. The summed E-state index contributed by atoms with van der Waals surface area (Å²) in [6.07, 6.45) is 6.46. The van der Waals surface area contributed by atoms with Gasteiger partial charge in [0.05, 0.1) is 0 Å². The summed E-state index contributed by atoms with van der Waals surface area (Å²) in [5.41, 5.74) is 2.46. The minimum atomic E-state index is 0. The number of hydrogen-bond acceptors (Lipinski definition) is 4. The van der Waals surface area contributed by atoms with E-state index in [1.165, 1.54) is 5.56 Å². The van der Waals surface area contributed by atoms with Gasteiger partial charge in [-0.1, -0.05) is 30.3 Å². The zero-order valence-electron chi connectivity index (χ0n) is 18.4. The van der Waals surface area contributed by atoms with Gasteiger partial charge in [0.1, 0.15) is 0 Å². The Labute approximate surface area is 202 Å². The first kappa shape index (κ1) is 24.8. The van der Waals surface area contributed by atoms with Crippen molar-refractivity contribution in [2.75, 3.05) is 20.6 Å². The van der Waals surface area contributed by atoms with Gasteiger partial charge in [0, 0.05) is 51.3 Å². The van der Waals surface area contributed by atoms with Crippen molar-refractivity contribution in [1.82, 2.24) is 30.3 Å². The van der Waals surface area contributed by atoms with E-state index in [-0.39, 0.29) is 24.0 Å². The third-order valence-electron chi connectivity index (χ3n) is 5.11. The molecular weight excluding hydrogens is 501 g/mol. The first-order valence-corrected chi connectivity index (χ1v) is 10.3. The lowest BCUT2D eigenvalue weighted by Gasteiger charge is -2.25. The van der Waals surface area contributed by atoms with Gasteiger partial charge in [0.25, 0.3) is 0 Å². The molecule has 2 heterocycles. The Hall–Kier alpha value is -2.46. The fourth-order valence-electron chi connectivity index (χ4n) is 3.15. The van der Waals surface area contributed by atoms with Crippen LogP contribution >= 0.6 is 24.0 Å². The van der Waals surface area contributed by atoms with Crippen LogP contribution in [0.2, 0.25) is 0 Å². The van der Waals surface area contributed by atoms with E-state index in [1.807, 2.05) is 24.4 Å². The number of aromatic nitrogens is 3. The van der Waals surface area contributed by atoms with Crippen LogP contribution in [-0.4, -0.2) is 52.3 Å². The van der Waals surface area contributed by atoms with Crippen LogP contribution in [0.5, 0.6) is 0 Å². The van der Waals surface area contributed by atoms with Crippen molar-refractivity contribution in [2.24, 2.45) is 4.99 Å². The average Bonchev–Trinajstić information content (AvgIpc) is 3.32. The molecule has 0 aliphatic carbocycles. The molecule has 0 spiro atoms. The Kier molecular flexibility index (Phi) is 10.5. The lowest BCUT2D eigenvalue weighted by molar-refractivity contribution is 0.238. The molecule has 0 radical (unpaired) electrons. The molecule has 166 valence electrons. The molecular formula is C23H32IN7. The maximum Gasteiger partial charge on any atom is 0.191 e. The summed E-state index contributed by atoms with van der Waals surface area (Å²) in [7, 11) is 3.97. The number of guanidine groups is 1. The van der Waals surface area contributed by atoms with Gasteiger partial charge in [-0.2, -0.15) is 5.10 Å². The molecule has 8 heteroatoms.